The first-order chi connectivity index (χ1) is 19.3. The van der Waals surface area contributed by atoms with Gasteiger partial charge in [-0.05, 0) is 76.4 Å². The Morgan fingerprint density at radius 3 is 1.95 bits per heavy atom. The first-order valence-corrected chi connectivity index (χ1v) is 14.5. The Balaban J connectivity index is 2.53. The van der Waals surface area contributed by atoms with E-state index in [9.17, 15) is 24.6 Å². The third-order valence-electron chi connectivity index (χ3n) is 6.35. The largest absolute Gasteiger partial charge is 0.508 e. The standard InChI is InChI=1S/C32H47N3O6/c1-7-8-9-10-11-20-35(28(29(38)33-22(2)3)24-14-18-26(37)19-15-24)30(39)27(34-31(40)41-32(4,5)6)21-23-12-16-25(36)17-13-23/h12-19,22,27-28,36-37H,7-11,20-21H2,1-6H3,(H,33,38)(H,34,40). The van der Waals surface area contributed by atoms with Crippen LogP contribution in [0.2, 0.25) is 0 Å². The normalized spacial score (nSPS) is 12.9. The number of alkyl carbamates (subject to hydrolysis) is 1. The molecule has 9 nitrogen and oxygen atoms in total. The third kappa shape index (κ3) is 11.7. The molecule has 4 N–H and O–H groups in total. The number of unbranched alkanes of at least 4 members (excludes halogenated alkanes) is 4. The van der Waals surface area contributed by atoms with Crippen molar-refractivity contribution in [2.45, 2.75) is 104 Å². The van der Waals surface area contributed by atoms with Crippen LogP contribution in [0.1, 0.15) is 90.8 Å². The molecule has 0 bridgehead atoms. The number of phenolic OH excluding ortho intramolecular Hbond substituents is 2. The van der Waals surface area contributed by atoms with E-state index >= 15 is 0 Å². The molecule has 0 saturated carbocycles. The van der Waals surface area contributed by atoms with Gasteiger partial charge in [0, 0.05) is 19.0 Å². The van der Waals surface area contributed by atoms with Crippen molar-refractivity contribution in [1.82, 2.24) is 15.5 Å². The van der Waals surface area contributed by atoms with Gasteiger partial charge in [-0.3, -0.25) is 9.59 Å². The maximum Gasteiger partial charge on any atom is 0.408 e. The minimum absolute atomic E-state index is 0.0472. The van der Waals surface area contributed by atoms with Crippen LogP contribution in [-0.2, 0) is 20.7 Å². The molecule has 3 amide bonds. The van der Waals surface area contributed by atoms with Gasteiger partial charge in [0.05, 0.1) is 0 Å². The van der Waals surface area contributed by atoms with Crippen molar-refractivity contribution in [3.8, 4) is 11.5 Å². The fourth-order valence-corrected chi connectivity index (χ4v) is 4.46. The van der Waals surface area contributed by atoms with Crippen LogP contribution in [0.3, 0.4) is 0 Å². The number of carbonyl (C=O) groups is 3. The van der Waals surface area contributed by atoms with Gasteiger partial charge in [0.1, 0.15) is 29.2 Å². The van der Waals surface area contributed by atoms with Crippen molar-refractivity contribution < 1.29 is 29.3 Å². The van der Waals surface area contributed by atoms with Gasteiger partial charge in [-0.2, -0.15) is 0 Å². The van der Waals surface area contributed by atoms with Crippen molar-refractivity contribution in [3.63, 3.8) is 0 Å². The van der Waals surface area contributed by atoms with Gasteiger partial charge in [0.15, 0.2) is 0 Å². The molecule has 2 atom stereocenters. The molecule has 0 radical (unpaired) electrons. The fourth-order valence-electron chi connectivity index (χ4n) is 4.46. The van der Waals surface area contributed by atoms with E-state index in [-0.39, 0.29) is 29.9 Å². The monoisotopic (exact) mass is 569 g/mol. The predicted octanol–water partition coefficient (Wildman–Crippen LogP) is 5.60. The molecular weight excluding hydrogens is 522 g/mol. The Hall–Kier alpha value is -3.75. The van der Waals surface area contributed by atoms with Crippen LogP contribution in [0.25, 0.3) is 0 Å². The fraction of sp³-hybridized carbons (Fsp3) is 0.531. The first-order valence-electron chi connectivity index (χ1n) is 14.5. The summed E-state index contributed by atoms with van der Waals surface area (Å²) in [7, 11) is 0. The lowest BCUT2D eigenvalue weighted by molar-refractivity contribution is -0.142. The average molecular weight is 570 g/mol. The molecule has 0 fully saturated rings. The summed E-state index contributed by atoms with van der Waals surface area (Å²) in [6.07, 6.45) is 4.09. The van der Waals surface area contributed by atoms with Crippen molar-refractivity contribution in [2.75, 3.05) is 6.54 Å². The summed E-state index contributed by atoms with van der Waals surface area (Å²) in [5, 5.41) is 25.3. The summed E-state index contributed by atoms with van der Waals surface area (Å²) < 4.78 is 5.47. The molecule has 41 heavy (non-hydrogen) atoms. The van der Waals surface area contributed by atoms with Crippen molar-refractivity contribution in [1.29, 1.82) is 0 Å². The number of hydrogen-bond acceptors (Lipinski definition) is 6. The molecule has 0 aliphatic heterocycles. The third-order valence-corrected chi connectivity index (χ3v) is 6.35. The molecule has 0 aliphatic carbocycles. The van der Waals surface area contributed by atoms with Gasteiger partial charge in [-0.25, -0.2) is 4.79 Å². The number of amides is 3. The Kier molecular flexibility index (Phi) is 13.0. The van der Waals surface area contributed by atoms with E-state index in [0.29, 0.717) is 24.1 Å². The number of aromatic hydroxyl groups is 2. The molecule has 0 heterocycles. The number of rotatable bonds is 14. The Bertz CT molecular complexity index is 1110. The van der Waals surface area contributed by atoms with Gasteiger partial charge in [-0.15, -0.1) is 0 Å². The Labute approximate surface area is 244 Å². The Morgan fingerprint density at radius 2 is 1.41 bits per heavy atom. The molecule has 2 rings (SSSR count). The lowest BCUT2D eigenvalue weighted by Crippen LogP contribution is -2.54. The van der Waals surface area contributed by atoms with Crippen molar-refractivity contribution >= 4 is 17.9 Å². The lowest BCUT2D eigenvalue weighted by Gasteiger charge is -2.35. The van der Waals surface area contributed by atoms with E-state index in [1.54, 1.807) is 45.0 Å². The smallest absolute Gasteiger partial charge is 0.408 e. The quantitative estimate of drug-likeness (QED) is 0.219. The van der Waals surface area contributed by atoms with E-state index in [2.05, 4.69) is 17.6 Å². The highest BCUT2D eigenvalue weighted by atomic mass is 16.6. The second-order valence-corrected chi connectivity index (χ2v) is 11.7. The second-order valence-electron chi connectivity index (χ2n) is 11.7. The van der Waals surface area contributed by atoms with E-state index in [4.69, 9.17) is 4.74 Å². The maximum atomic E-state index is 14.4. The average Bonchev–Trinajstić information content (AvgIpc) is 2.87. The van der Waals surface area contributed by atoms with Crippen LogP contribution in [0.15, 0.2) is 48.5 Å². The highest BCUT2D eigenvalue weighted by Crippen LogP contribution is 2.26. The zero-order chi connectivity index (χ0) is 30.6. The van der Waals surface area contributed by atoms with Crippen LogP contribution in [0.5, 0.6) is 11.5 Å². The number of hydrogen-bond donors (Lipinski definition) is 4. The summed E-state index contributed by atoms with van der Waals surface area (Å²) in [4.78, 5) is 42.4. The minimum atomic E-state index is -1.04. The van der Waals surface area contributed by atoms with E-state index in [0.717, 1.165) is 25.7 Å². The Morgan fingerprint density at radius 1 is 0.854 bits per heavy atom. The molecule has 2 aromatic carbocycles. The van der Waals surface area contributed by atoms with Gasteiger partial charge < -0.3 is 30.5 Å². The topological polar surface area (TPSA) is 128 Å². The summed E-state index contributed by atoms with van der Waals surface area (Å²) in [5.74, 6) is -0.654. The zero-order valence-electron chi connectivity index (χ0n) is 25.3. The highest BCUT2D eigenvalue weighted by Gasteiger charge is 2.36. The van der Waals surface area contributed by atoms with Crippen molar-refractivity contribution in [3.05, 3.63) is 59.7 Å². The second kappa shape index (κ2) is 15.9. The molecule has 0 saturated heterocycles. The van der Waals surface area contributed by atoms with Crippen molar-refractivity contribution in [2.24, 2.45) is 0 Å². The lowest BCUT2D eigenvalue weighted by atomic mass is 9.99. The summed E-state index contributed by atoms with van der Waals surface area (Å²) in [6.45, 7) is 11.3. The van der Waals surface area contributed by atoms with Gasteiger partial charge >= 0.3 is 6.09 Å². The summed E-state index contributed by atoms with van der Waals surface area (Å²) >= 11 is 0. The SMILES string of the molecule is CCCCCCCN(C(=O)C(Cc1ccc(O)cc1)NC(=O)OC(C)(C)C)C(C(=O)NC(C)C)c1ccc(O)cc1. The number of ether oxygens (including phenoxy) is 1. The van der Waals surface area contributed by atoms with Gasteiger partial charge in [0.25, 0.3) is 0 Å². The number of phenols is 2. The zero-order valence-corrected chi connectivity index (χ0v) is 25.3. The minimum Gasteiger partial charge on any atom is -0.508 e. The van der Waals surface area contributed by atoms with E-state index in [1.807, 2.05) is 13.8 Å². The molecule has 2 unspecified atom stereocenters. The number of carbonyl (C=O) groups excluding carboxylic acids is 3. The molecular formula is C32H47N3O6. The molecule has 0 spiro atoms. The van der Waals surface area contributed by atoms with Gasteiger partial charge in [0.2, 0.25) is 11.8 Å². The summed E-state index contributed by atoms with van der Waals surface area (Å²) in [5.41, 5.74) is 0.484. The molecule has 0 aromatic heterocycles. The predicted molar refractivity (Wildman–Crippen MR) is 160 cm³/mol. The molecule has 0 aliphatic rings. The number of nitrogens with one attached hydrogen (secondary N) is 2. The highest BCUT2D eigenvalue weighted by molar-refractivity contribution is 5.92. The maximum absolute atomic E-state index is 14.4. The van der Waals surface area contributed by atoms with Gasteiger partial charge in [-0.1, -0.05) is 56.9 Å². The van der Waals surface area contributed by atoms with E-state index < -0.39 is 29.7 Å². The molecule has 9 heteroatoms. The number of benzene rings is 2. The number of nitrogens with zero attached hydrogens (tertiary/aromatic N) is 1. The van der Waals surface area contributed by atoms with Crippen LogP contribution < -0.4 is 10.6 Å². The summed E-state index contributed by atoms with van der Waals surface area (Å²) in [6, 6.07) is 10.4. The van der Waals surface area contributed by atoms with Crippen LogP contribution in [-0.4, -0.2) is 57.3 Å². The van der Waals surface area contributed by atoms with Crippen LogP contribution in [0.4, 0.5) is 4.79 Å². The van der Waals surface area contributed by atoms with E-state index in [1.165, 1.54) is 29.2 Å². The first kappa shape index (κ1) is 33.5. The van der Waals surface area contributed by atoms with Crippen LogP contribution >= 0.6 is 0 Å². The van der Waals surface area contributed by atoms with Crippen LogP contribution in [0, 0.1) is 0 Å². The molecule has 2 aromatic rings. The molecule has 226 valence electrons.